The Balaban J connectivity index is 2.83. The van der Waals surface area contributed by atoms with Gasteiger partial charge in [-0.05, 0) is 57.9 Å². The quantitative estimate of drug-likeness (QED) is 0.691. The van der Waals surface area contributed by atoms with E-state index in [4.69, 9.17) is 9.47 Å². The minimum Gasteiger partial charge on any atom is -0.494 e. The lowest BCUT2D eigenvalue weighted by Crippen LogP contribution is -2.19. The van der Waals surface area contributed by atoms with E-state index in [1.165, 1.54) is 5.56 Å². The largest absolute Gasteiger partial charge is 0.494 e. The molecule has 0 aliphatic rings. The summed E-state index contributed by atoms with van der Waals surface area (Å²) in [6.07, 6.45) is 2.45. The summed E-state index contributed by atoms with van der Waals surface area (Å²) in [6, 6.07) is 6.77. The Labute approximate surface area is 130 Å². The van der Waals surface area contributed by atoms with E-state index in [9.17, 15) is 0 Å². The summed E-state index contributed by atoms with van der Waals surface area (Å²) in [7, 11) is 0. The van der Waals surface area contributed by atoms with Gasteiger partial charge in [-0.15, -0.1) is 0 Å². The van der Waals surface area contributed by atoms with Gasteiger partial charge in [-0.3, -0.25) is 0 Å². The highest BCUT2D eigenvalue weighted by Crippen LogP contribution is 2.25. The van der Waals surface area contributed by atoms with Gasteiger partial charge in [-0.1, -0.05) is 19.9 Å². The molecule has 1 N–H and O–H groups in total. The highest BCUT2D eigenvalue weighted by Gasteiger charge is 2.11. The predicted molar refractivity (Wildman–Crippen MR) is 88.9 cm³/mol. The zero-order valence-corrected chi connectivity index (χ0v) is 14.2. The van der Waals surface area contributed by atoms with E-state index < -0.39 is 0 Å². The lowest BCUT2D eigenvalue weighted by atomic mass is 10.0. The molecule has 0 saturated heterocycles. The van der Waals surface area contributed by atoms with Crippen molar-refractivity contribution in [1.82, 2.24) is 5.32 Å². The van der Waals surface area contributed by atoms with Gasteiger partial charge in [0.15, 0.2) is 0 Å². The molecular weight excluding hydrogens is 262 g/mol. The molecule has 120 valence electrons. The van der Waals surface area contributed by atoms with Gasteiger partial charge in [0.1, 0.15) is 5.75 Å². The fourth-order valence-corrected chi connectivity index (χ4v) is 2.11. The van der Waals surface area contributed by atoms with Crippen LogP contribution in [0.1, 0.15) is 64.6 Å². The minimum atomic E-state index is 0.277. The average molecular weight is 293 g/mol. The zero-order valence-electron chi connectivity index (χ0n) is 14.2. The molecule has 0 amide bonds. The van der Waals surface area contributed by atoms with Crippen LogP contribution in [0.3, 0.4) is 0 Å². The fraction of sp³-hybridized carbons (Fsp3) is 0.667. The van der Waals surface area contributed by atoms with E-state index in [2.05, 4.69) is 51.2 Å². The number of hydrogen-bond acceptors (Lipinski definition) is 3. The first-order valence-electron chi connectivity index (χ1n) is 8.22. The molecule has 0 fully saturated rings. The molecule has 0 heterocycles. The third kappa shape index (κ3) is 6.06. The first-order valence-corrected chi connectivity index (χ1v) is 8.22. The molecule has 0 aliphatic heterocycles. The van der Waals surface area contributed by atoms with Crippen LogP contribution in [0.25, 0.3) is 0 Å². The van der Waals surface area contributed by atoms with Crippen LogP contribution in [0.15, 0.2) is 18.2 Å². The third-order valence-corrected chi connectivity index (χ3v) is 3.68. The van der Waals surface area contributed by atoms with Crippen molar-refractivity contribution in [1.29, 1.82) is 0 Å². The van der Waals surface area contributed by atoms with Crippen LogP contribution in [0.2, 0.25) is 0 Å². The summed E-state index contributed by atoms with van der Waals surface area (Å²) in [4.78, 5) is 0. The van der Waals surface area contributed by atoms with Crippen LogP contribution in [0.5, 0.6) is 5.75 Å². The van der Waals surface area contributed by atoms with Gasteiger partial charge in [-0.2, -0.15) is 0 Å². The summed E-state index contributed by atoms with van der Waals surface area (Å²) < 4.78 is 11.6. The molecule has 1 aromatic carbocycles. The lowest BCUT2D eigenvalue weighted by molar-refractivity contribution is 0.0494. The van der Waals surface area contributed by atoms with E-state index in [1.54, 1.807) is 0 Å². The Morgan fingerprint density at radius 1 is 1.14 bits per heavy atom. The van der Waals surface area contributed by atoms with Crippen LogP contribution in [0.4, 0.5) is 0 Å². The number of ether oxygens (including phenoxy) is 2. The standard InChI is InChI=1S/C18H31NO2/c1-6-11-19-15(5)16-9-10-18(20-8-3)17(12-16)13-21-14(4)7-2/h9-10,12,14-15,19H,6-8,11,13H2,1-5H3. The highest BCUT2D eigenvalue weighted by molar-refractivity contribution is 5.38. The lowest BCUT2D eigenvalue weighted by Gasteiger charge is -2.18. The van der Waals surface area contributed by atoms with Gasteiger partial charge in [0.2, 0.25) is 0 Å². The van der Waals surface area contributed by atoms with E-state index in [0.717, 1.165) is 30.7 Å². The Morgan fingerprint density at radius 3 is 2.52 bits per heavy atom. The summed E-state index contributed by atoms with van der Waals surface area (Å²) in [5.74, 6) is 0.937. The van der Waals surface area contributed by atoms with Gasteiger partial charge in [-0.25, -0.2) is 0 Å². The molecule has 0 aliphatic carbocycles. The molecule has 0 radical (unpaired) electrons. The van der Waals surface area contributed by atoms with Crippen molar-refractivity contribution in [3.05, 3.63) is 29.3 Å². The van der Waals surface area contributed by atoms with Crippen molar-refractivity contribution in [3.8, 4) is 5.75 Å². The smallest absolute Gasteiger partial charge is 0.124 e. The van der Waals surface area contributed by atoms with Crippen LogP contribution in [0, 0.1) is 0 Å². The number of benzene rings is 1. The topological polar surface area (TPSA) is 30.5 Å². The molecule has 3 nitrogen and oxygen atoms in total. The first kappa shape index (κ1) is 18.0. The molecule has 0 bridgehead atoms. The minimum absolute atomic E-state index is 0.277. The Morgan fingerprint density at radius 2 is 1.90 bits per heavy atom. The van der Waals surface area contributed by atoms with Gasteiger partial charge in [0.05, 0.1) is 19.3 Å². The number of hydrogen-bond donors (Lipinski definition) is 1. The summed E-state index contributed by atoms with van der Waals surface area (Å²) >= 11 is 0. The Hall–Kier alpha value is -1.06. The van der Waals surface area contributed by atoms with Crippen molar-refractivity contribution in [2.75, 3.05) is 13.2 Å². The Kier molecular flexibility index (Phi) is 8.40. The summed E-state index contributed by atoms with van der Waals surface area (Å²) in [5, 5.41) is 3.52. The molecule has 0 aromatic heterocycles. The number of nitrogens with one attached hydrogen (secondary N) is 1. The number of rotatable bonds is 10. The molecule has 2 unspecified atom stereocenters. The van der Waals surface area contributed by atoms with E-state index in [-0.39, 0.29) is 6.10 Å². The van der Waals surface area contributed by atoms with Crippen LogP contribution < -0.4 is 10.1 Å². The zero-order chi connectivity index (χ0) is 15.7. The maximum Gasteiger partial charge on any atom is 0.124 e. The maximum atomic E-state index is 5.88. The van der Waals surface area contributed by atoms with Gasteiger partial charge < -0.3 is 14.8 Å². The molecular formula is C18H31NO2. The first-order chi connectivity index (χ1) is 10.1. The van der Waals surface area contributed by atoms with Crippen LogP contribution in [-0.2, 0) is 11.3 Å². The predicted octanol–water partition coefficient (Wildman–Crippen LogP) is 4.46. The molecule has 21 heavy (non-hydrogen) atoms. The molecule has 2 atom stereocenters. The van der Waals surface area contributed by atoms with Gasteiger partial charge >= 0.3 is 0 Å². The van der Waals surface area contributed by atoms with Crippen LogP contribution in [-0.4, -0.2) is 19.3 Å². The average Bonchev–Trinajstić information content (AvgIpc) is 2.51. The van der Waals surface area contributed by atoms with Crippen LogP contribution >= 0.6 is 0 Å². The van der Waals surface area contributed by atoms with E-state index in [1.807, 2.05) is 6.92 Å². The van der Waals surface area contributed by atoms with Crippen molar-refractivity contribution in [2.45, 2.75) is 66.2 Å². The second-order valence-corrected chi connectivity index (χ2v) is 5.51. The SMILES string of the molecule is CCCNC(C)c1ccc(OCC)c(COC(C)CC)c1. The maximum absolute atomic E-state index is 5.88. The molecule has 3 heteroatoms. The molecule has 1 aromatic rings. The van der Waals surface area contributed by atoms with Gasteiger partial charge in [0.25, 0.3) is 0 Å². The normalized spacial score (nSPS) is 14.0. The van der Waals surface area contributed by atoms with Crippen molar-refractivity contribution in [3.63, 3.8) is 0 Å². The molecule has 0 spiro atoms. The van der Waals surface area contributed by atoms with E-state index in [0.29, 0.717) is 19.3 Å². The van der Waals surface area contributed by atoms with Gasteiger partial charge in [0, 0.05) is 11.6 Å². The Bertz CT molecular complexity index is 406. The second-order valence-electron chi connectivity index (χ2n) is 5.51. The molecule has 1 rings (SSSR count). The summed E-state index contributed by atoms with van der Waals surface area (Å²) in [5.41, 5.74) is 2.43. The molecule has 0 saturated carbocycles. The highest BCUT2D eigenvalue weighted by atomic mass is 16.5. The fourth-order valence-electron chi connectivity index (χ4n) is 2.11. The summed E-state index contributed by atoms with van der Waals surface area (Å²) in [6.45, 7) is 13.0. The van der Waals surface area contributed by atoms with Crippen molar-refractivity contribution in [2.24, 2.45) is 0 Å². The van der Waals surface area contributed by atoms with E-state index >= 15 is 0 Å². The second kappa shape index (κ2) is 9.80. The monoisotopic (exact) mass is 293 g/mol. The van der Waals surface area contributed by atoms with Crippen molar-refractivity contribution >= 4 is 0 Å². The third-order valence-electron chi connectivity index (χ3n) is 3.68. The van der Waals surface area contributed by atoms with Crippen molar-refractivity contribution < 1.29 is 9.47 Å².